The summed E-state index contributed by atoms with van der Waals surface area (Å²) in [4.78, 5) is 16.2. The Morgan fingerprint density at radius 1 is 1.69 bits per heavy atom. The third-order valence-electron chi connectivity index (χ3n) is 1.58. The standard InChI is InChI=1S/C8H11BrN2OS/c1-2-3-5-7(6(12)4-9)13-8(10)11-5/h2-4H2,1H3,(H2,10,11). The summed E-state index contributed by atoms with van der Waals surface area (Å²) in [5, 5.41) is 0.818. The first-order valence-corrected chi connectivity index (χ1v) is 5.97. The zero-order valence-electron chi connectivity index (χ0n) is 7.34. The molecule has 0 bridgehead atoms. The number of thiazole rings is 1. The van der Waals surface area contributed by atoms with Crippen LogP contribution in [0.5, 0.6) is 0 Å². The first-order valence-electron chi connectivity index (χ1n) is 4.03. The number of hydrogen-bond donors (Lipinski definition) is 1. The number of anilines is 1. The van der Waals surface area contributed by atoms with Crippen LogP contribution in [-0.2, 0) is 6.42 Å². The van der Waals surface area contributed by atoms with Crippen LogP contribution < -0.4 is 5.73 Å². The Morgan fingerprint density at radius 2 is 2.38 bits per heavy atom. The average Bonchev–Trinajstić information content (AvgIpc) is 2.46. The van der Waals surface area contributed by atoms with Gasteiger partial charge in [0, 0.05) is 0 Å². The smallest absolute Gasteiger partial charge is 0.185 e. The van der Waals surface area contributed by atoms with E-state index in [2.05, 4.69) is 27.8 Å². The highest BCUT2D eigenvalue weighted by Gasteiger charge is 2.14. The van der Waals surface area contributed by atoms with Crippen molar-refractivity contribution in [1.82, 2.24) is 4.98 Å². The molecule has 0 aromatic carbocycles. The fourth-order valence-electron chi connectivity index (χ4n) is 1.05. The molecule has 0 atom stereocenters. The number of hydrogen-bond acceptors (Lipinski definition) is 4. The molecule has 13 heavy (non-hydrogen) atoms. The third-order valence-corrected chi connectivity index (χ3v) is 3.05. The molecule has 0 amide bonds. The summed E-state index contributed by atoms with van der Waals surface area (Å²) < 4.78 is 0. The first kappa shape index (κ1) is 10.7. The number of nitrogens with zero attached hydrogens (tertiary/aromatic N) is 1. The minimum absolute atomic E-state index is 0.0673. The SMILES string of the molecule is CCCc1nc(N)sc1C(=O)CBr. The molecule has 0 saturated heterocycles. The average molecular weight is 263 g/mol. The Bertz CT molecular complexity index is 311. The number of carbonyl (C=O) groups excluding carboxylic acids is 1. The minimum Gasteiger partial charge on any atom is -0.375 e. The van der Waals surface area contributed by atoms with Gasteiger partial charge in [0.2, 0.25) is 0 Å². The summed E-state index contributed by atoms with van der Waals surface area (Å²) in [5.74, 6) is 0.0673. The second-order valence-corrected chi connectivity index (χ2v) is 4.23. The lowest BCUT2D eigenvalue weighted by Gasteiger charge is -1.95. The highest BCUT2D eigenvalue weighted by Crippen LogP contribution is 2.22. The van der Waals surface area contributed by atoms with Crippen molar-refractivity contribution in [2.45, 2.75) is 19.8 Å². The Kier molecular flexibility index (Phi) is 3.87. The normalized spacial score (nSPS) is 10.3. The van der Waals surface area contributed by atoms with E-state index in [4.69, 9.17) is 5.73 Å². The lowest BCUT2D eigenvalue weighted by atomic mass is 10.2. The van der Waals surface area contributed by atoms with Gasteiger partial charge in [-0.15, -0.1) is 0 Å². The van der Waals surface area contributed by atoms with Gasteiger partial charge in [-0.25, -0.2) is 4.98 Å². The first-order chi connectivity index (χ1) is 6.19. The number of carbonyl (C=O) groups is 1. The molecule has 0 radical (unpaired) electrons. The van der Waals surface area contributed by atoms with Crippen LogP contribution in [0, 0.1) is 0 Å². The molecule has 0 aliphatic rings. The second-order valence-electron chi connectivity index (χ2n) is 2.63. The molecule has 1 aromatic rings. The second kappa shape index (κ2) is 4.72. The van der Waals surface area contributed by atoms with Crippen molar-refractivity contribution in [1.29, 1.82) is 0 Å². The van der Waals surface area contributed by atoms with Gasteiger partial charge in [0.1, 0.15) is 0 Å². The van der Waals surface area contributed by atoms with Gasteiger partial charge in [0.05, 0.1) is 15.9 Å². The van der Waals surface area contributed by atoms with E-state index in [0.29, 0.717) is 15.3 Å². The van der Waals surface area contributed by atoms with E-state index >= 15 is 0 Å². The molecular formula is C8H11BrN2OS. The molecule has 1 aromatic heterocycles. The van der Waals surface area contributed by atoms with Crippen molar-refractivity contribution in [3.8, 4) is 0 Å². The summed E-state index contributed by atoms with van der Waals surface area (Å²) >= 11 is 4.41. The highest BCUT2D eigenvalue weighted by atomic mass is 79.9. The van der Waals surface area contributed by atoms with Gasteiger partial charge in [0.25, 0.3) is 0 Å². The van der Waals surface area contributed by atoms with Crippen LogP contribution in [0.1, 0.15) is 28.7 Å². The van der Waals surface area contributed by atoms with Crippen molar-refractivity contribution in [3.05, 3.63) is 10.6 Å². The van der Waals surface area contributed by atoms with E-state index in [1.54, 1.807) is 0 Å². The van der Waals surface area contributed by atoms with E-state index in [9.17, 15) is 4.79 Å². The van der Waals surface area contributed by atoms with Crippen molar-refractivity contribution >= 4 is 38.2 Å². The number of aryl methyl sites for hydroxylation is 1. The molecule has 72 valence electrons. The fourth-order valence-corrected chi connectivity index (χ4v) is 2.34. The Balaban J connectivity index is 2.96. The largest absolute Gasteiger partial charge is 0.375 e. The monoisotopic (exact) mass is 262 g/mol. The molecule has 0 aliphatic heterocycles. The predicted molar refractivity (Wildman–Crippen MR) is 58.6 cm³/mol. The molecule has 2 N–H and O–H groups in total. The lowest BCUT2D eigenvalue weighted by molar-refractivity contribution is 0.102. The van der Waals surface area contributed by atoms with Gasteiger partial charge >= 0.3 is 0 Å². The zero-order chi connectivity index (χ0) is 9.84. The molecule has 1 rings (SSSR count). The van der Waals surface area contributed by atoms with Crippen LogP contribution in [0.15, 0.2) is 0 Å². The molecule has 0 spiro atoms. The van der Waals surface area contributed by atoms with Crippen LogP contribution in [0.3, 0.4) is 0 Å². The van der Waals surface area contributed by atoms with E-state index in [1.165, 1.54) is 11.3 Å². The number of halogens is 1. The number of ketones is 1. The number of Topliss-reactive ketones (excluding diaryl/α,β-unsaturated/α-hetero) is 1. The van der Waals surface area contributed by atoms with Gasteiger partial charge in [0.15, 0.2) is 10.9 Å². The zero-order valence-corrected chi connectivity index (χ0v) is 9.74. The van der Waals surface area contributed by atoms with Crippen LogP contribution in [0.2, 0.25) is 0 Å². The molecule has 5 heteroatoms. The maximum atomic E-state index is 11.4. The van der Waals surface area contributed by atoms with Gasteiger partial charge in [-0.05, 0) is 6.42 Å². The summed E-state index contributed by atoms with van der Waals surface area (Å²) in [6, 6.07) is 0. The van der Waals surface area contributed by atoms with E-state index in [0.717, 1.165) is 18.5 Å². The molecular weight excluding hydrogens is 252 g/mol. The predicted octanol–water partition coefficient (Wildman–Crippen LogP) is 2.26. The number of alkyl halides is 1. The van der Waals surface area contributed by atoms with E-state index in [-0.39, 0.29) is 5.78 Å². The minimum atomic E-state index is 0.0673. The fraction of sp³-hybridized carbons (Fsp3) is 0.500. The molecule has 0 unspecified atom stereocenters. The Hall–Kier alpha value is -0.420. The van der Waals surface area contributed by atoms with Gasteiger partial charge in [-0.2, -0.15) is 0 Å². The molecule has 1 heterocycles. The maximum absolute atomic E-state index is 11.4. The van der Waals surface area contributed by atoms with E-state index < -0.39 is 0 Å². The van der Waals surface area contributed by atoms with Crippen LogP contribution >= 0.6 is 27.3 Å². The third kappa shape index (κ3) is 2.51. The van der Waals surface area contributed by atoms with Gasteiger partial charge < -0.3 is 5.73 Å². The molecule has 0 saturated carbocycles. The lowest BCUT2D eigenvalue weighted by Crippen LogP contribution is -2.01. The molecule has 0 aliphatic carbocycles. The van der Waals surface area contributed by atoms with Crippen LogP contribution in [0.4, 0.5) is 5.13 Å². The summed E-state index contributed by atoms with van der Waals surface area (Å²) in [6.07, 6.45) is 1.80. The maximum Gasteiger partial charge on any atom is 0.185 e. The van der Waals surface area contributed by atoms with Crippen LogP contribution in [-0.4, -0.2) is 16.1 Å². The van der Waals surface area contributed by atoms with Crippen LogP contribution in [0.25, 0.3) is 0 Å². The molecule has 3 nitrogen and oxygen atoms in total. The summed E-state index contributed by atoms with van der Waals surface area (Å²) in [7, 11) is 0. The number of nitrogens with two attached hydrogens (primary N) is 1. The van der Waals surface area contributed by atoms with Crippen molar-refractivity contribution in [2.75, 3.05) is 11.1 Å². The van der Waals surface area contributed by atoms with Crippen molar-refractivity contribution < 1.29 is 4.79 Å². The summed E-state index contributed by atoms with van der Waals surface area (Å²) in [6.45, 7) is 2.05. The number of rotatable bonds is 4. The number of aromatic nitrogens is 1. The Morgan fingerprint density at radius 3 is 2.92 bits per heavy atom. The quantitative estimate of drug-likeness (QED) is 0.669. The van der Waals surface area contributed by atoms with Crippen molar-refractivity contribution in [2.24, 2.45) is 0 Å². The topological polar surface area (TPSA) is 56.0 Å². The van der Waals surface area contributed by atoms with Gasteiger partial charge in [-0.3, -0.25) is 4.79 Å². The van der Waals surface area contributed by atoms with Crippen molar-refractivity contribution in [3.63, 3.8) is 0 Å². The molecule has 0 fully saturated rings. The van der Waals surface area contributed by atoms with E-state index in [1.807, 2.05) is 0 Å². The number of nitrogen functional groups attached to an aromatic ring is 1. The van der Waals surface area contributed by atoms with Gasteiger partial charge in [-0.1, -0.05) is 40.6 Å². The summed E-state index contributed by atoms with van der Waals surface area (Å²) in [5.41, 5.74) is 6.38. The highest BCUT2D eigenvalue weighted by molar-refractivity contribution is 9.09. The Labute approximate surface area is 89.5 Å².